The molecule has 0 aliphatic carbocycles. The first kappa shape index (κ1) is 16.2. The third-order valence-corrected chi connectivity index (χ3v) is 3.69. The largest absolute Gasteiger partial charge is 0.358 e. The molecule has 2 aromatic rings. The Labute approximate surface area is 130 Å². The SMILES string of the molecule is Cc1nc(-c2ccc(N(C)CCN(C)C)nc2)[nH]c(=O)c1C. The van der Waals surface area contributed by atoms with Gasteiger partial charge in [-0.15, -0.1) is 0 Å². The van der Waals surface area contributed by atoms with Crippen LogP contribution in [0.1, 0.15) is 11.3 Å². The minimum atomic E-state index is -0.102. The number of hydrogen-bond donors (Lipinski definition) is 1. The van der Waals surface area contributed by atoms with Crippen LogP contribution >= 0.6 is 0 Å². The number of aromatic amines is 1. The maximum absolute atomic E-state index is 11.8. The Morgan fingerprint density at radius 2 is 1.86 bits per heavy atom. The van der Waals surface area contributed by atoms with Gasteiger partial charge in [-0.1, -0.05) is 0 Å². The summed E-state index contributed by atoms with van der Waals surface area (Å²) in [5.74, 6) is 1.46. The van der Waals surface area contributed by atoms with Crippen LogP contribution in [0.5, 0.6) is 0 Å². The molecule has 0 amide bonds. The second-order valence-electron chi connectivity index (χ2n) is 5.75. The molecule has 0 unspecified atom stereocenters. The van der Waals surface area contributed by atoms with Crippen molar-refractivity contribution in [3.8, 4) is 11.4 Å². The number of nitrogens with one attached hydrogen (secondary N) is 1. The summed E-state index contributed by atoms with van der Waals surface area (Å²) in [5.41, 5.74) is 2.10. The molecular weight excluding hydrogens is 278 g/mol. The van der Waals surface area contributed by atoms with Crippen LogP contribution in [0.2, 0.25) is 0 Å². The Morgan fingerprint density at radius 1 is 1.14 bits per heavy atom. The summed E-state index contributed by atoms with van der Waals surface area (Å²) >= 11 is 0. The highest BCUT2D eigenvalue weighted by atomic mass is 16.1. The van der Waals surface area contributed by atoms with Gasteiger partial charge in [0.15, 0.2) is 0 Å². The predicted molar refractivity (Wildman–Crippen MR) is 89.4 cm³/mol. The molecule has 22 heavy (non-hydrogen) atoms. The number of aryl methyl sites for hydroxylation is 1. The van der Waals surface area contributed by atoms with Crippen LogP contribution in [0.25, 0.3) is 11.4 Å². The summed E-state index contributed by atoms with van der Waals surface area (Å²) < 4.78 is 0. The minimum Gasteiger partial charge on any atom is -0.358 e. The summed E-state index contributed by atoms with van der Waals surface area (Å²) in [6.45, 7) is 5.47. The molecule has 0 aliphatic heterocycles. The van der Waals surface area contributed by atoms with Crippen LogP contribution in [0.3, 0.4) is 0 Å². The summed E-state index contributed by atoms with van der Waals surface area (Å²) in [7, 11) is 6.11. The van der Waals surface area contributed by atoms with Crippen molar-refractivity contribution in [3.05, 3.63) is 39.9 Å². The van der Waals surface area contributed by atoms with Gasteiger partial charge in [-0.25, -0.2) is 9.97 Å². The van der Waals surface area contributed by atoms with Gasteiger partial charge in [0.05, 0.1) is 0 Å². The highest BCUT2D eigenvalue weighted by Gasteiger charge is 2.08. The van der Waals surface area contributed by atoms with Crippen molar-refractivity contribution in [1.29, 1.82) is 0 Å². The van der Waals surface area contributed by atoms with Crippen molar-refractivity contribution >= 4 is 5.82 Å². The van der Waals surface area contributed by atoms with Gasteiger partial charge in [-0.2, -0.15) is 0 Å². The second kappa shape index (κ2) is 6.70. The van der Waals surface area contributed by atoms with E-state index in [1.165, 1.54) is 0 Å². The van der Waals surface area contributed by atoms with Gasteiger partial charge >= 0.3 is 0 Å². The zero-order valence-corrected chi connectivity index (χ0v) is 13.8. The molecule has 118 valence electrons. The van der Waals surface area contributed by atoms with Crippen molar-refractivity contribution < 1.29 is 0 Å². The fourth-order valence-electron chi connectivity index (χ4n) is 2.00. The van der Waals surface area contributed by atoms with E-state index in [2.05, 4.69) is 24.8 Å². The molecule has 2 heterocycles. The number of aromatic nitrogens is 3. The molecule has 0 spiro atoms. The summed E-state index contributed by atoms with van der Waals surface area (Å²) in [4.78, 5) is 27.7. The third kappa shape index (κ3) is 3.71. The van der Waals surface area contributed by atoms with Crippen LogP contribution in [0.15, 0.2) is 23.1 Å². The lowest BCUT2D eigenvalue weighted by molar-refractivity contribution is 0.416. The molecule has 1 N–H and O–H groups in total. The highest BCUT2D eigenvalue weighted by Crippen LogP contribution is 2.17. The van der Waals surface area contributed by atoms with Gasteiger partial charge in [0.2, 0.25) is 0 Å². The monoisotopic (exact) mass is 301 g/mol. The van der Waals surface area contributed by atoms with Gasteiger partial charge in [-0.3, -0.25) is 4.79 Å². The molecule has 6 nitrogen and oxygen atoms in total. The van der Waals surface area contributed by atoms with E-state index in [1.807, 2.05) is 40.2 Å². The number of anilines is 1. The first-order chi connectivity index (χ1) is 10.4. The number of H-pyrrole nitrogens is 1. The summed E-state index contributed by atoms with van der Waals surface area (Å²) in [6, 6.07) is 3.88. The minimum absolute atomic E-state index is 0.102. The van der Waals surface area contributed by atoms with Crippen molar-refractivity contribution in [2.45, 2.75) is 13.8 Å². The fourth-order valence-corrected chi connectivity index (χ4v) is 2.00. The lowest BCUT2D eigenvalue weighted by atomic mass is 10.2. The van der Waals surface area contributed by atoms with Crippen LogP contribution < -0.4 is 10.5 Å². The molecule has 0 aliphatic rings. The van der Waals surface area contributed by atoms with Gasteiger partial charge in [-0.05, 0) is 40.1 Å². The Bertz CT molecular complexity index is 691. The molecule has 0 saturated carbocycles. The summed E-state index contributed by atoms with van der Waals surface area (Å²) in [6.07, 6.45) is 1.74. The van der Waals surface area contributed by atoms with Crippen LogP contribution in [-0.2, 0) is 0 Å². The lowest BCUT2D eigenvalue weighted by Gasteiger charge is -2.20. The summed E-state index contributed by atoms with van der Waals surface area (Å²) in [5, 5.41) is 0. The second-order valence-corrected chi connectivity index (χ2v) is 5.75. The van der Waals surface area contributed by atoms with Crippen LogP contribution in [-0.4, -0.2) is 54.1 Å². The van der Waals surface area contributed by atoms with E-state index in [-0.39, 0.29) is 5.56 Å². The Kier molecular flexibility index (Phi) is 4.92. The maximum Gasteiger partial charge on any atom is 0.254 e. The molecule has 0 fully saturated rings. The normalized spacial score (nSPS) is 11.0. The van der Waals surface area contributed by atoms with E-state index in [9.17, 15) is 4.79 Å². The van der Waals surface area contributed by atoms with Crippen molar-refractivity contribution in [2.75, 3.05) is 39.1 Å². The van der Waals surface area contributed by atoms with E-state index in [4.69, 9.17) is 0 Å². The predicted octanol–water partition coefficient (Wildman–Crippen LogP) is 1.45. The number of rotatable bonds is 5. The first-order valence-electron chi connectivity index (χ1n) is 7.28. The number of pyridine rings is 1. The quantitative estimate of drug-likeness (QED) is 0.905. The maximum atomic E-state index is 11.8. The number of likely N-dealkylation sites (N-methyl/N-ethyl adjacent to an activating group) is 2. The van der Waals surface area contributed by atoms with Crippen molar-refractivity contribution in [2.24, 2.45) is 0 Å². The molecule has 0 aromatic carbocycles. The van der Waals surface area contributed by atoms with E-state index in [0.717, 1.165) is 30.2 Å². The average molecular weight is 301 g/mol. The van der Waals surface area contributed by atoms with E-state index in [1.54, 1.807) is 13.1 Å². The van der Waals surface area contributed by atoms with Gasteiger partial charge in [0, 0.05) is 43.2 Å². The molecule has 0 bridgehead atoms. The van der Waals surface area contributed by atoms with Crippen LogP contribution in [0, 0.1) is 13.8 Å². The molecule has 0 saturated heterocycles. The average Bonchev–Trinajstić information content (AvgIpc) is 2.50. The Balaban J connectivity index is 2.20. The zero-order chi connectivity index (χ0) is 16.3. The third-order valence-electron chi connectivity index (χ3n) is 3.69. The Hall–Kier alpha value is -2.21. The molecule has 0 atom stereocenters. The van der Waals surface area contributed by atoms with Gasteiger partial charge in [0.25, 0.3) is 5.56 Å². The van der Waals surface area contributed by atoms with E-state index < -0.39 is 0 Å². The fraction of sp³-hybridized carbons (Fsp3) is 0.438. The Morgan fingerprint density at radius 3 is 2.41 bits per heavy atom. The first-order valence-corrected chi connectivity index (χ1v) is 7.28. The zero-order valence-electron chi connectivity index (χ0n) is 13.8. The number of nitrogens with zero attached hydrogens (tertiary/aromatic N) is 4. The lowest BCUT2D eigenvalue weighted by Crippen LogP contribution is -2.28. The molecule has 6 heteroatoms. The molecule has 2 aromatic heterocycles. The van der Waals surface area contributed by atoms with Gasteiger partial charge < -0.3 is 14.8 Å². The topological polar surface area (TPSA) is 65.1 Å². The van der Waals surface area contributed by atoms with Crippen molar-refractivity contribution in [3.63, 3.8) is 0 Å². The van der Waals surface area contributed by atoms with E-state index in [0.29, 0.717) is 11.4 Å². The van der Waals surface area contributed by atoms with Crippen molar-refractivity contribution in [1.82, 2.24) is 19.9 Å². The molecule has 0 radical (unpaired) electrons. The van der Waals surface area contributed by atoms with Crippen LogP contribution in [0.4, 0.5) is 5.82 Å². The smallest absolute Gasteiger partial charge is 0.254 e. The van der Waals surface area contributed by atoms with Gasteiger partial charge in [0.1, 0.15) is 11.6 Å². The molecular formula is C16H23N5O. The highest BCUT2D eigenvalue weighted by molar-refractivity contribution is 5.56. The molecule has 2 rings (SSSR count). The van der Waals surface area contributed by atoms with E-state index >= 15 is 0 Å². The standard InChI is InChI=1S/C16H23N5O/c1-11-12(2)18-15(19-16(11)22)13-6-7-14(17-10-13)21(5)9-8-20(3)4/h6-7,10H,8-9H2,1-5H3,(H,18,19,22). The number of hydrogen-bond acceptors (Lipinski definition) is 5.